The minimum Gasteiger partial charge on any atom is -0.391 e. The Hall–Kier alpha value is -2.34. The molecule has 0 amide bonds. The fourth-order valence-electron chi connectivity index (χ4n) is 4.43. The van der Waals surface area contributed by atoms with Gasteiger partial charge < -0.3 is 4.84 Å². The van der Waals surface area contributed by atoms with Crippen LogP contribution in [0.2, 0.25) is 0 Å². The number of likely N-dealkylation sites (tertiary alicyclic amines) is 1. The topological polar surface area (TPSA) is 24.8 Å². The monoisotopic (exact) mass is 480 g/mol. The van der Waals surface area contributed by atoms with Gasteiger partial charge in [-0.1, -0.05) is 55.5 Å². The summed E-state index contributed by atoms with van der Waals surface area (Å²) in [5, 5.41) is 3.81. The second-order valence-corrected chi connectivity index (χ2v) is 8.92. The van der Waals surface area contributed by atoms with Crippen LogP contribution in [0.3, 0.4) is 0 Å². The molecule has 1 saturated carbocycles. The van der Waals surface area contributed by atoms with Crippen molar-refractivity contribution in [2.75, 3.05) is 13.1 Å². The number of hydrogen-bond donors (Lipinski definition) is 0. The molecule has 0 aromatic heterocycles. The van der Waals surface area contributed by atoms with Crippen molar-refractivity contribution in [1.82, 2.24) is 4.90 Å². The Morgan fingerprint density at radius 3 is 2.59 bits per heavy atom. The highest BCUT2D eigenvalue weighted by atomic mass is 19.4. The molecule has 0 N–H and O–H groups in total. The van der Waals surface area contributed by atoms with Crippen LogP contribution in [0.5, 0.6) is 0 Å². The predicted molar refractivity (Wildman–Crippen MR) is 130 cm³/mol. The van der Waals surface area contributed by atoms with E-state index in [9.17, 15) is 13.2 Å². The van der Waals surface area contributed by atoms with Crippen LogP contribution >= 0.6 is 0 Å². The molecule has 2 fully saturated rings. The van der Waals surface area contributed by atoms with E-state index in [1.165, 1.54) is 19.1 Å². The van der Waals surface area contributed by atoms with E-state index < -0.39 is 43.0 Å². The fraction of sp³-hybridized carbons (Fsp3) is 0.536. The van der Waals surface area contributed by atoms with E-state index in [0.717, 1.165) is 32.0 Å². The van der Waals surface area contributed by atoms with Gasteiger partial charge in [0, 0.05) is 14.8 Å². The molecule has 1 heterocycles. The lowest BCUT2D eigenvalue weighted by molar-refractivity contribution is -0.138. The van der Waals surface area contributed by atoms with Crippen LogP contribution in [0.25, 0.3) is 0 Å². The summed E-state index contributed by atoms with van der Waals surface area (Å²) in [6.07, 6.45) is -3.74. The van der Waals surface area contributed by atoms with Crippen molar-refractivity contribution < 1.29 is 29.0 Å². The molecule has 1 aliphatic heterocycles. The predicted octanol–water partition coefficient (Wildman–Crippen LogP) is 7.46. The van der Waals surface area contributed by atoms with Gasteiger partial charge in [-0.3, -0.25) is 4.90 Å². The first kappa shape index (κ1) is 16.4. The number of hydrogen-bond acceptors (Lipinski definition) is 3. The highest BCUT2D eigenvalue weighted by Gasteiger charge is 2.35. The summed E-state index contributed by atoms with van der Waals surface area (Å²) in [5.74, 6) is -1.40. The van der Waals surface area contributed by atoms with Crippen LogP contribution in [-0.4, -0.2) is 23.7 Å². The second-order valence-electron chi connectivity index (χ2n) is 8.92. The van der Waals surface area contributed by atoms with Gasteiger partial charge in [0.1, 0.15) is 6.56 Å². The SMILES string of the molecule is [2H]C1(c2ccc(C([2H])([2H])O/N=C(\C)c3ccc(CN4CCC4)c(C([2H])([2H])C([2H])([2H])[2H])c3)cc2C(F)(F)F)CCCCC1. The van der Waals surface area contributed by atoms with E-state index in [2.05, 4.69) is 10.1 Å². The molecule has 34 heavy (non-hydrogen) atoms. The molecule has 4 rings (SSSR count). The molecule has 0 unspecified atom stereocenters. The fourth-order valence-corrected chi connectivity index (χ4v) is 4.43. The summed E-state index contributed by atoms with van der Waals surface area (Å²) in [7, 11) is 0. The molecule has 1 aliphatic carbocycles. The Morgan fingerprint density at radius 2 is 1.91 bits per heavy atom. The molecular formula is C28H35F3N2O. The van der Waals surface area contributed by atoms with Gasteiger partial charge in [0.2, 0.25) is 0 Å². The lowest BCUT2D eigenvalue weighted by atomic mass is 9.81. The summed E-state index contributed by atoms with van der Waals surface area (Å²) in [5.41, 5.74) is -0.838. The van der Waals surface area contributed by atoms with E-state index in [-0.39, 0.29) is 22.4 Å². The Balaban J connectivity index is 1.64. The lowest BCUT2D eigenvalue weighted by Crippen LogP contribution is -2.36. The Bertz CT molecular complexity index is 1320. The van der Waals surface area contributed by atoms with Gasteiger partial charge >= 0.3 is 6.18 Å². The van der Waals surface area contributed by atoms with Crippen molar-refractivity contribution >= 4 is 5.71 Å². The number of benzene rings is 2. The van der Waals surface area contributed by atoms with E-state index in [1.807, 2.05) is 0 Å². The Morgan fingerprint density at radius 1 is 1.12 bits per heavy atom. The third-order valence-electron chi connectivity index (χ3n) is 6.51. The number of alkyl halides is 3. The zero-order valence-electron chi connectivity index (χ0n) is 27.3. The summed E-state index contributed by atoms with van der Waals surface area (Å²) in [6.45, 7) is -2.26. The van der Waals surface area contributed by atoms with E-state index in [1.54, 1.807) is 12.1 Å². The van der Waals surface area contributed by atoms with Gasteiger partial charge in [0.25, 0.3) is 0 Å². The molecular weight excluding hydrogens is 437 g/mol. The normalized spacial score (nSPS) is 23.7. The first-order valence-corrected chi connectivity index (χ1v) is 11.7. The van der Waals surface area contributed by atoms with Crippen molar-refractivity contribution in [3.05, 3.63) is 69.8 Å². The van der Waals surface area contributed by atoms with Crippen LogP contribution in [-0.2, 0) is 30.5 Å². The van der Waals surface area contributed by atoms with Crippen molar-refractivity contribution in [1.29, 1.82) is 0 Å². The van der Waals surface area contributed by atoms with Gasteiger partial charge in [-0.15, -0.1) is 0 Å². The quantitative estimate of drug-likeness (QED) is 0.289. The van der Waals surface area contributed by atoms with Crippen LogP contribution in [0.15, 0.2) is 41.6 Å². The second kappa shape index (κ2) is 10.9. The van der Waals surface area contributed by atoms with Gasteiger partial charge in [-0.2, -0.15) is 13.2 Å². The van der Waals surface area contributed by atoms with Gasteiger partial charge in [-0.05, 0) is 91.5 Å². The average molecular weight is 481 g/mol. The number of nitrogens with zero attached hydrogens (tertiary/aromatic N) is 2. The van der Waals surface area contributed by atoms with E-state index in [4.69, 9.17) is 15.8 Å². The maximum Gasteiger partial charge on any atom is 0.416 e. The first-order chi connectivity index (χ1) is 19.3. The average Bonchev–Trinajstić information content (AvgIpc) is 2.88. The number of oxime groups is 1. The van der Waals surface area contributed by atoms with Crippen molar-refractivity contribution in [2.24, 2.45) is 5.16 Å². The van der Waals surface area contributed by atoms with Gasteiger partial charge in [0.15, 0.2) is 0 Å². The third-order valence-corrected chi connectivity index (χ3v) is 6.51. The number of aryl methyl sites for hydroxylation is 1. The molecule has 6 heteroatoms. The molecule has 0 bridgehead atoms. The number of halogens is 3. The zero-order chi connectivity index (χ0) is 31.1. The maximum atomic E-state index is 14.1. The largest absolute Gasteiger partial charge is 0.416 e. The minimum atomic E-state index is -4.80. The molecule has 3 nitrogen and oxygen atoms in total. The van der Waals surface area contributed by atoms with Crippen LogP contribution in [0.4, 0.5) is 13.2 Å². The van der Waals surface area contributed by atoms with Crippen molar-refractivity contribution in [3.63, 3.8) is 0 Å². The zero-order valence-corrected chi connectivity index (χ0v) is 19.3. The lowest BCUT2D eigenvalue weighted by Gasteiger charge is -2.31. The molecule has 0 atom stereocenters. The third kappa shape index (κ3) is 6.01. The summed E-state index contributed by atoms with van der Waals surface area (Å²) in [4.78, 5) is 7.18. The minimum absolute atomic E-state index is 0.0399. The molecule has 184 valence electrons. The molecule has 2 aromatic rings. The molecule has 2 aliphatic rings. The van der Waals surface area contributed by atoms with Gasteiger partial charge in [0.05, 0.1) is 14.0 Å². The van der Waals surface area contributed by atoms with E-state index >= 15 is 0 Å². The van der Waals surface area contributed by atoms with E-state index in [0.29, 0.717) is 43.9 Å². The van der Waals surface area contributed by atoms with Gasteiger partial charge in [-0.25, -0.2) is 0 Å². The molecule has 1 saturated heterocycles. The summed E-state index contributed by atoms with van der Waals surface area (Å²) >= 11 is 0. The van der Waals surface area contributed by atoms with Crippen molar-refractivity contribution in [2.45, 2.75) is 83.8 Å². The Kier molecular flexibility index (Phi) is 5.26. The van der Waals surface area contributed by atoms with Crippen molar-refractivity contribution in [3.8, 4) is 0 Å². The number of rotatable bonds is 8. The molecule has 0 spiro atoms. The Labute approximate surface area is 212 Å². The summed E-state index contributed by atoms with van der Waals surface area (Å²) in [6, 6.07) is 7.59. The first-order valence-electron chi connectivity index (χ1n) is 15.7. The molecule has 2 aromatic carbocycles. The highest BCUT2D eigenvalue weighted by molar-refractivity contribution is 5.98. The molecule has 0 radical (unpaired) electrons. The smallest absolute Gasteiger partial charge is 0.391 e. The maximum absolute atomic E-state index is 14.1. The summed E-state index contributed by atoms with van der Waals surface area (Å²) < 4.78 is 108. The van der Waals surface area contributed by atoms with Crippen LogP contribution < -0.4 is 0 Å². The van der Waals surface area contributed by atoms with Crippen LogP contribution in [0, 0.1) is 0 Å². The standard InChI is InChI=1S/C28H35F3N2O/c1-3-22-17-24(11-12-25(22)18-33-14-7-15-33)20(2)32-34-19-21-10-13-26(23-8-5-4-6-9-23)27(16-21)28(29,30)31/h10-13,16-17,23H,3-9,14-15,18-19H2,1-2H3/b32-20+/i1D3,3D2,19D2,23D. The van der Waals surface area contributed by atoms with Crippen LogP contribution in [0.1, 0.15) is 103 Å². The highest BCUT2D eigenvalue weighted by Crippen LogP contribution is 2.41.